The molecule has 3 heterocycles. The minimum Gasteiger partial charge on any atom is -0.371 e. The van der Waals surface area contributed by atoms with Gasteiger partial charge >= 0.3 is 0 Å². The van der Waals surface area contributed by atoms with Crippen LogP contribution in [0.2, 0.25) is 0 Å². The molecule has 8 heteroatoms. The molecule has 1 atom stereocenters. The second kappa shape index (κ2) is 9.90. The molecule has 1 aromatic heterocycles. The highest BCUT2D eigenvalue weighted by molar-refractivity contribution is 14.0. The molecule has 4 rings (SSSR count). The van der Waals surface area contributed by atoms with Crippen LogP contribution in [-0.4, -0.2) is 66.6 Å². The van der Waals surface area contributed by atoms with E-state index in [0.29, 0.717) is 11.9 Å². The molecule has 2 saturated heterocycles. The number of para-hydroxylation sites is 1. The molecule has 0 bridgehead atoms. The van der Waals surface area contributed by atoms with E-state index in [-0.39, 0.29) is 24.0 Å². The molecular weight excluding hydrogens is 465 g/mol. The zero-order chi connectivity index (χ0) is 18.5. The van der Waals surface area contributed by atoms with Gasteiger partial charge in [0.2, 0.25) is 5.95 Å². The SMILES string of the molecule is I.NC(=NCC1CCN(c2ccccc2)C1)N1CCN(c2ncccn2)CC1. The number of aromatic nitrogens is 2. The average molecular weight is 493 g/mol. The van der Waals surface area contributed by atoms with Crippen LogP contribution < -0.4 is 15.5 Å². The fourth-order valence-corrected chi connectivity index (χ4v) is 3.77. The molecule has 2 aliphatic rings. The highest BCUT2D eigenvalue weighted by atomic mass is 127. The molecule has 2 N–H and O–H groups in total. The molecule has 0 saturated carbocycles. The Balaban J connectivity index is 0.00000225. The number of piperazine rings is 1. The lowest BCUT2D eigenvalue weighted by Gasteiger charge is -2.35. The Morgan fingerprint density at radius 1 is 0.964 bits per heavy atom. The van der Waals surface area contributed by atoms with Gasteiger partial charge in [-0.05, 0) is 30.5 Å². The first-order chi connectivity index (χ1) is 13.3. The van der Waals surface area contributed by atoms with Crippen molar-refractivity contribution in [1.29, 1.82) is 0 Å². The third kappa shape index (κ3) is 5.03. The Labute approximate surface area is 183 Å². The van der Waals surface area contributed by atoms with E-state index < -0.39 is 0 Å². The number of rotatable bonds is 4. The van der Waals surface area contributed by atoms with Gasteiger partial charge in [0.25, 0.3) is 0 Å². The van der Waals surface area contributed by atoms with Crippen molar-refractivity contribution >= 4 is 41.6 Å². The zero-order valence-electron chi connectivity index (χ0n) is 16.0. The molecule has 28 heavy (non-hydrogen) atoms. The summed E-state index contributed by atoms with van der Waals surface area (Å²) >= 11 is 0. The van der Waals surface area contributed by atoms with Gasteiger partial charge in [-0.15, -0.1) is 24.0 Å². The van der Waals surface area contributed by atoms with E-state index in [1.54, 1.807) is 12.4 Å². The lowest BCUT2D eigenvalue weighted by atomic mass is 10.1. The van der Waals surface area contributed by atoms with Crippen molar-refractivity contribution in [2.75, 3.05) is 55.6 Å². The predicted molar refractivity (Wildman–Crippen MR) is 124 cm³/mol. The topological polar surface area (TPSA) is 73.9 Å². The maximum atomic E-state index is 6.27. The summed E-state index contributed by atoms with van der Waals surface area (Å²) in [6.07, 6.45) is 4.74. The van der Waals surface area contributed by atoms with E-state index in [1.165, 1.54) is 12.1 Å². The van der Waals surface area contributed by atoms with Crippen molar-refractivity contribution in [3.63, 3.8) is 0 Å². The molecule has 1 aromatic carbocycles. The summed E-state index contributed by atoms with van der Waals surface area (Å²) < 4.78 is 0. The Kier molecular flexibility index (Phi) is 7.30. The van der Waals surface area contributed by atoms with Gasteiger partial charge in [-0.1, -0.05) is 18.2 Å². The number of hydrogen-bond acceptors (Lipinski definition) is 5. The molecule has 150 valence electrons. The van der Waals surface area contributed by atoms with Gasteiger partial charge in [-0.25, -0.2) is 9.97 Å². The van der Waals surface area contributed by atoms with Crippen LogP contribution in [0.5, 0.6) is 0 Å². The maximum absolute atomic E-state index is 6.27. The second-order valence-corrected chi connectivity index (χ2v) is 7.16. The first-order valence-corrected chi connectivity index (χ1v) is 9.66. The number of anilines is 2. The van der Waals surface area contributed by atoms with Crippen molar-refractivity contribution < 1.29 is 0 Å². The highest BCUT2D eigenvalue weighted by Crippen LogP contribution is 2.23. The summed E-state index contributed by atoms with van der Waals surface area (Å²) in [6.45, 7) is 6.40. The number of nitrogens with two attached hydrogens (primary N) is 1. The van der Waals surface area contributed by atoms with E-state index in [0.717, 1.165) is 51.8 Å². The van der Waals surface area contributed by atoms with Gasteiger partial charge < -0.3 is 20.4 Å². The van der Waals surface area contributed by atoms with E-state index in [4.69, 9.17) is 10.7 Å². The molecule has 0 amide bonds. The first-order valence-electron chi connectivity index (χ1n) is 9.66. The summed E-state index contributed by atoms with van der Waals surface area (Å²) in [7, 11) is 0. The largest absolute Gasteiger partial charge is 0.371 e. The quantitative estimate of drug-likeness (QED) is 0.400. The van der Waals surface area contributed by atoms with Crippen LogP contribution in [0.25, 0.3) is 0 Å². The zero-order valence-corrected chi connectivity index (χ0v) is 18.4. The molecule has 0 spiro atoms. The molecule has 2 aromatic rings. The van der Waals surface area contributed by atoms with Gasteiger partial charge in [-0.2, -0.15) is 0 Å². The van der Waals surface area contributed by atoms with E-state index in [1.807, 2.05) is 6.07 Å². The third-order valence-corrected chi connectivity index (χ3v) is 5.36. The summed E-state index contributed by atoms with van der Waals surface area (Å²) in [4.78, 5) is 20.1. The normalized spacial score (nSPS) is 20.2. The van der Waals surface area contributed by atoms with Gasteiger partial charge in [0.1, 0.15) is 0 Å². The van der Waals surface area contributed by atoms with E-state index >= 15 is 0 Å². The molecule has 0 aliphatic carbocycles. The lowest BCUT2D eigenvalue weighted by Crippen LogP contribution is -2.51. The van der Waals surface area contributed by atoms with E-state index in [2.05, 4.69) is 55.0 Å². The van der Waals surface area contributed by atoms with Crippen LogP contribution in [0, 0.1) is 5.92 Å². The van der Waals surface area contributed by atoms with Gasteiger partial charge in [0.05, 0.1) is 0 Å². The number of nitrogens with zero attached hydrogens (tertiary/aromatic N) is 6. The van der Waals surface area contributed by atoms with Crippen molar-refractivity contribution in [1.82, 2.24) is 14.9 Å². The monoisotopic (exact) mass is 493 g/mol. The fraction of sp³-hybridized carbons (Fsp3) is 0.450. The van der Waals surface area contributed by atoms with Crippen LogP contribution in [0.3, 0.4) is 0 Å². The molecular formula is C20H28IN7. The third-order valence-electron chi connectivity index (χ3n) is 5.36. The molecule has 7 nitrogen and oxygen atoms in total. The minimum atomic E-state index is 0. The predicted octanol–water partition coefficient (Wildman–Crippen LogP) is 2.06. The van der Waals surface area contributed by atoms with Crippen LogP contribution in [0.1, 0.15) is 6.42 Å². The van der Waals surface area contributed by atoms with Crippen molar-refractivity contribution in [3.8, 4) is 0 Å². The van der Waals surface area contributed by atoms with Gasteiger partial charge in [0.15, 0.2) is 5.96 Å². The summed E-state index contributed by atoms with van der Waals surface area (Å²) in [5.41, 5.74) is 7.57. The number of hydrogen-bond donors (Lipinski definition) is 1. The standard InChI is InChI=1S/C20H27N7.HI/c21-19(25-11-13-26(14-12-25)20-22-8-4-9-23-20)24-15-17-7-10-27(16-17)18-5-2-1-3-6-18;/h1-6,8-9,17H,7,10-16H2,(H2,21,24);1H. The second-order valence-electron chi connectivity index (χ2n) is 7.16. The smallest absolute Gasteiger partial charge is 0.225 e. The van der Waals surface area contributed by atoms with Crippen LogP contribution >= 0.6 is 24.0 Å². The Hall–Kier alpha value is -2.10. The van der Waals surface area contributed by atoms with Crippen molar-refractivity contribution in [3.05, 3.63) is 48.8 Å². The number of guanidine groups is 1. The van der Waals surface area contributed by atoms with Crippen molar-refractivity contribution in [2.45, 2.75) is 6.42 Å². The summed E-state index contributed by atoms with van der Waals surface area (Å²) in [5, 5.41) is 0. The highest BCUT2D eigenvalue weighted by Gasteiger charge is 2.23. The van der Waals surface area contributed by atoms with Crippen LogP contribution in [0.4, 0.5) is 11.6 Å². The Morgan fingerprint density at radius 2 is 1.68 bits per heavy atom. The number of halogens is 1. The fourth-order valence-electron chi connectivity index (χ4n) is 3.77. The first kappa shape index (κ1) is 20.6. The van der Waals surface area contributed by atoms with Crippen molar-refractivity contribution in [2.24, 2.45) is 16.6 Å². The average Bonchev–Trinajstić information content (AvgIpc) is 3.22. The Morgan fingerprint density at radius 3 is 2.39 bits per heavy atom. The molecule has 2 aliphatic heterocycles. The Bertz CT molecular complexity index is 748. The molecule has 1 unspecified atom stereocenters. The summed E-state index contributed by atoms with van der Waals surface area (Å²) in [6, 6.07) is 12.4. The van der Waals surface area contributed by atoms with Gasteiger partial charge in [-0.3, -0.25) is 4.99 Å². The maximum Gasteiger partial charge on any atom is 0.225 e. The van der Waals surface area contributed by atoms with Crippen LogP contribution in [-0.2, 0) is 0 Å². The van der Waals surface area contributed by atoms with Gasteiger partial charge in [0, 0.05) is 63.9 Å². The number of benzene rings is 1. The molecule has 0 radical (unpaired) electrons. The lowest BCUT2D eigenvalue weighted by molar-refractivity contribution is 0.377. The summed E-state index contributed by atoms with van der Waals surface area (Å²) in [5.74, 6) is 2.03. The van der Waals surface area contributed by atoms with Crippen LogP contribution in [0.15, 0.2) is 53.8 Å². The number of aliphatic imine (C=N–C) groups is 1. The minimum absolute atomic E-state index is 0. The van der Waals surface area contributed by atoms with E-state index in [9.17, 15) is 0 Å². The molecule has 2 fully saturated rings.